The number of hydrogen-bond acceptors (Lipinski definition) is 2. The Balaban J connectivity index is 2.10. The summed E-state index contributed by atoms with van der Waals surface area (Å²) in [4.78, 5) is 17.9. The van der Waals surface area contributed by atoms with Gasteiger partial charge >= 0.3 is 0 Å². The summed E-state index contributed by atoms with van der Waals surface area (Å²) < 4.78 is 2.17. The van der Waals surface area contributed by atoms with E-state index >= 15 is 0 Å². The number of carbonyl (C=O) groups excluding carboxylic acids is 1. The molecular weight excluding hydrogens is 262 g/mol. The van der Waals surface area contributed by atoms with E-state index in [4.69, 9.17) is 0 Å². The molecular formula is C17H21N3O. The van der Waals surface area contributed by atoms with Gasteiger partial charge in [-0.05, 0) is 51.3 Å². The number of rotatable bonds is 3. The number of nitrogens with zero attached hydrogens (tertiary/aromatic N) is 3. The van der Waals surface area contributed by atoms with Gasteiger partial charge < -0.3 is 9.47 Å². The zero-order chi connectivity index (χ0) is 14.8. The van der Waals surface area contributed by atoms with Crippen LogP contribution in [-0.4, -0.2) is 27.4 Å². The highest BCUT2D eigenvalue weighted by atomic mass is 16.1. The van der Waals surface area contributed by atoms with Crippen LogP contribution in [-0.2, 0) is 4.79 Å². The zero-order valence-electron chi connectivity index (χ0n) is 12.6. The molecule has 110 valence electrons. The number of likely N-dealkylation sites (tertiary alicyclic amines) is 1. The number of aryl methyl sites for hydroxylation is 2. The van der Waals surface area contributed by atoms with Crippen molar-refractivity contribution in [3.8, 4) is 5.82 Å². The van der Waals surface area contributed by atoms with Crippen LogP contribution in [0, 0.1) is 13.8 Å². The van der Waals surface area contributed by atoms with Crippen LogP contribution in [0.1, 0.15) is 42.3 Å². The molecule has 1 aliphatic heterocycles. The molecule has 1 atom stereocenters. The molecule has 0 aromatic carbocycles. The van der Waals surface area contributed by atoms with Gasteiger partial charge in [0.15, 0.2) is 0 Å². The van der Waals surface area contributed by atoms with E-state index in [1.165, 1.54) is 11.4 Å². The van der Waals surface area contributed by atoms with Gasteiger partial charge in [0.2, 0.25) is 6.41 Å². The standard InChI is InChI=1S/C17H21N3O/c1-13-8-9-14(2)20(13)17-15(6-5-10-18-17)16-7-3-4-11-19(16)12-21/h5-6,8-10,12,16H,3-4,7,11H2,1-2H3. The number of hydrogen-bond donors (Lipinski definition) is 0. The Morgan fingerprint density at radius 1 is 1.19 bits per heavy atom. The molecule has 0 saturated carbocycles. The van der Waals surface area contributed by atoms with Crippen molar-refractivity contribution < 1.29 is 4.79 Å². The molecule has 4 nitrogen and oxygen atoms in total. The van der Waals surface area contributed by atoms with Crippen LogP contribution in [0.4, 0.5) is 0 Å². The normalized spacial score (nSPS) is 18.8. The smallest absolute Gasteiger partial charge is 0.210 e. The molecule has 1 saturated heterocycles. The monoisotopic (exact) mass is 283 g/mol. The third-order valence-corrected chi connectivity index (χ3v) is 4.34. The van der Waals surface area contributed by atoms with Crippen molar-refractivity contribution in [3.05, 3.63) is 47.4 Å². The molecule has 1 amide bonds. The van der Waals surface area contributed by atoms with E-state index < -0.39 is 0 Å². The first-order valence-electron chi connectivity index (χ1n) is 7.53. The maximum atomic E-state index is 11.4. The molecule has 0 bridgehead atoms. The molecule has 0 spiro atoms. The van der Waals surface area contributed by atoms with Gasteiger partial charge in [-0.25, -0.2) is 4.98 Å². The van der Waals surface area contributed by atoms with Crippen molar-refractivity contribution in [1.82, 2.24) is 14.5 Å². The average Bonchev–Trinajstić information content (AvgIpc) is 2.86. The second-order valence-corrected chi connectivity index (χ2v) is 5.72. The molecule has 3 heterocycles. The molecule has 0 N–H and O–H groups in total. The number of aromatic nitrogens is 2. The highest BCUT2D eigenvalue weighted by Gasteiger charge is 2.26. The van der Waals surface area contributed by atoms with Crippen molar-refractivity contribution >= 4 is 6.41 Å². The number of pyridine rings is 1. The molecule has 4 heteroatoms. The van der Waals surface area contributed by atoms with Gasteiger partial charge in [0.25, 0.3) is 0 Å². The first-order chi connectivity index (χ1) is 10.2. The minimum Gasteiger partial charge on any atom is -0.338 e. The maximum absolute atomic E-state index is 11.4. The Hall–Kier alpha value is -2.10. The molecule has 0 radical (unpaired) electrons. The van der Waals surface area contributed by atoms with Crippen molar-refractivity contribution in [3.63, 3.8) is 0 Å². The Bertz CT molecular complexity index is 628. The summed E-state index contributed by atoms with van der Waals surface area (Å²) >= 11 is 0. The number of carbonyl (C=O) groups is 1. The van der Waals surface area contributed by atoms with Crippen molar-refractivity contribution in [2.45, 2.75) is 39.2 Å². The SMILES string of the molecule is Cc1ccc(C)n1-c1ncccc1C1CCCCN1C=O. The van der Waals surface area contributed by atoms with E-state index in [0.717, 1.165) is 43.6 Å². The predicted octanol–water partition coefficient (Wildman–Crippen LogP) is 3.17. The molecule has 2 aromatic rings. The molecule has 3 rings (SSSR count). The molecule has 1 fully saturated rings. The third kappa shape index (κ3) is 2.46. The summed E-state index contributed by atoms with van der Waals surface area (Å²) in [7, 11) is 0. The van der Waals surface area contributed by atoms with Crippen LogP contribution in [0.3, 0.4) is 0 Å². The van der Waals surface area contributed by atoms with Crippen LogP contribution < -0.4 is 0 Å². The van der Waals surface area contributed by atoms with Gasteiger partial charge in [-0.3, -0.25) is 4.79 Å². The Morgan fingerprint density at radius 2 is 1.95 bits per heavy atom. The quantitative estimate of drug-likeness (QED) is 0.811. The van der Waals surface area contributed by atoms with E-state index in [9.17, 15) is 4.79 Å². The number of piperidine rings is 1. The molecule has 0 aliphatic carbocycles. The van der Waals surface area contributed by atoms with Gasteiger partial charge in [0.1, 0.15) is 5.82 Å². The Kier molecular flexibility index (Phi) is 3.78. The summed E-state index contributed by atoms with van der Waals surface area (Å²) in [6.45, 7) is 5.01. The molecule has 1 unspecified atom stereocenters. The van der Waals surface area contributed by atoms with Crippen molar-refractivity contribution in [2.75, 3.05) is 6.54 Å². The summed E-state index contributed by atoms with van der Waals surface area (Å²) in [6, 6.07) is 8.41. The van der Waals surface area contributed by atoms with Crippen molar-refractivity contribution in [1.29, 1.82) is 0 Å². The number of amides is 1. The molecule has 1 aliphatic rings. The first-order valence-corrected chi connectivity index (χ1v) is 7.53. The highest BCUT2D eigenvalue weighted by Crippen LogP contribution is 2.33. The van der Waals surface area contributed by atoms with E-state index in [2.05, 4.69) is 41.6 Å². The largest absolute Gasteiger partial charge is 0.338 e. The topological polar surface area (TPSA) is 38.1 Å². The lowest BCUT2D eigenvalue weighted by atomic mass is 9.96. The van der Waals surface area contributed by atoms with Crippen LogP contribution >= 0.6 is 0 Å². The summed E-state index contributed by atoms with van der Waals surface area (Å²) in [6.07, 6.45) is 6.07. The van der Waals surface area contributed by atoms with Crippen LogP contribution in [0.25, 0.3) is 5.82 Å². The van der Waals surface area contributed by atoms with Crippen LogP contribution in [0.5, 0.6) is 0 Å². The van der Waals surface area contributed by atoms with E-state index in [0.29, 0.717) is 0 Å². The molecule has 2 aromatic heterocycles. The minimum atomic E-state index is 0.140. The summed E-state index contributed by atoms with van der Waals surface area (Å²) in [5, 5.41) is 0. The minimum absolute atomic E-state index is 0.140. The second-order valence-electron chi connectivity index (χ2n) is 5.72. The highest BCUT2D eigenvalue weighted by molar-refractivity contribution is 5.51. The predicted molar refractivity (Wildman–Crippen MR) is 82.4 cm³/mol. The fourth-order valence-corrected chi connectivity index (χ4v) is 3.27. The van der Waals surface area contributed by atoms with E-state index in [-0.39, 0.29) is 6.04 Å². The fourth-order valence-electron chi connectivity index (χ4n) is 3.27. The van der Waals surface area contributed by atoms with Gasteiger partial charge in [-0.15, -0.1) is 0 Å². The zero-order valence-corrected chi connectivity index (χ0v) is 12.6. The second kappa shape index (κ2) is 5.72. The molecule has 21 heavy (non-hydrogen) atoms. The Morgan fingerprint density at radius 3 is 2.67 bits per heavy atom. The van der Waals surface area contributed by atoms with Gasteiger partial charge in [0, 0.05) is 29.7 Å². The maximum Gasteiger partial charge on any atom is 0.210 e. The van der Waals surface area contributed by atoms with Crippen LogP contribution in [0.2, 0.25) is 0 Å². The van der Waals surface area contributed by atoms with Gasteiger partial charge in [-0.2, -0.15) is 0 Å². The lowest BCUT2D eigenvalue weighted by Crippen LogP contribution is -2.33. The van der Waals surface area contributed by atoms with Gasteiger partial charge in [-0.1, -0.05) is 6.07 Å². The summed E-state index contributed by atoms with van der Waals surface area (Å²) in [5.41, 5.74) is 3.48. The fraction of sp³-hybridized carbons (Fsp3) is 0.412. The Labute approximate surface area is 125 Å². The van der Waals surface area contributed by atoms with E-state index in [1.807, 2.05) is 17.2 Å². The average molecular weight is 283 g/mol. The van der Waals surface area contributed by atoms with Crippen molar-refractivity contribution in [2.24, 2.45) is 0 Å². The lowest BCUT2D eigenvalue weighted by Gasteiger charge is -2.34. The lowest BCUT2D eigenvalue weighted by molar-refractivity contribution is -0.121. The van der Waals surface area contributed by atoms with Crippen LogP contribution in [0.15, 0.2) is 30.5 Å². The van der Waals surface area contributed by atoms with E-state index in [1.54, 1.807) is 0 Å². The summed E-state index contributed by atoms with van der Waals surface area (Å²) in [5.74, 6) is 0.955. The van der Waals surface area contributed by atoms with Gasteiger partial charge in [0.05, 0.1) is 6.04 Å². The first kappa shape index (κ1) is 13.9. The third-order valence-electron chi connectivity index (χ3n) is 4.34.